The summed E-state index contributed by atoms with van der Waals surface area (Å²) >= 11 is 0. The number of fused-ring (bicyclic) bond motifs is 1. The van der Waals surface area contributed by atoms with Crippen molar-refractivity contribution in [2.24, 2.45) is 17.8 Å². The summed E-state index contributed by atoms with van der Waals surface area (Å²) in [5.74, 6) is 1.15. The highest BCUT2D eigenvalue weighted by Gasteiger charge is 2.63. The average molecular weight is 325 g/mol. The van der Waals surface area contributed by atoms with Crippen molar-refractivity contribution in [1.29, 1.82) is 0 Å². The van der Waals surface area contributed by atoms with Crippen molar-refractivity contribution in [3.8, 4) is 0 Å². The van der Waals surface area contributed by atoms with Crippen LogP contribution < -0.4 is 0 Å². The fraction of sp³-hybridized carbons (Fsp3) is 0.619. The number of ketones is 1. The van der Waals surface area contributed by atoms with Crippen molar-refractivity contribution in [1.82, 2.24) is 4.90 Å². The number of carbonyl (C=O) groups excluding carboxylic acids is 2. The molecule has 3 heteroatoms. The van der Waals surface area contributed by atoms with Crippen molar-refractivity contribution in [3.05, 3.63) is 34.9 Å². The molecule has 4 atom stereocenters. The van der Waals surface area contributed by atoms with E-state index in [1.165, 1.54) is 16.7 Å². The number of Topliss-reactive ketones (excluding diaryl/α,β-unsaturated/α-hetero) is 1. The first kappa shape index (κ1) is 15.9. The molecule has 1 aromatic carbocycles. The van der Waals surface area contributed by atoms with E-state index < -0.39 is 0 Å². The molecule has 1 aromatic rings. The van der Waals surface area contributed by atoms with Crippen LogP contribution in [0.2, 0.25) is 0 Å². The van der Waals surface area contributed by atoms with Gasteiger partial charge in [-0.05, 0) is 43.2 Å². The zero-order chi connectivity index (χ0) is 17.1. The van der Waals surface area contributed by atoms with E-state index >= 15 is 0 Å². The van der Waals surface area contributed by atoms with Crippen LogP contribution in [-0.2, 0) is 21.5 Å². The molecule has 1 saturated heterocycles. The highest BCUT2D eigenvalue weighted by Crippen LogP contribution is 2.60. The van der Waals surface area contributed by atoms with Gasteiger partial charge in [0, 0.05) is 31.2 Å². The molecule has 3 aliphatic rings. The summed E-state index contributed by atoms with van der Waals surface area (Å²) in [6.45, 7) is 7.15. The predicted octanol–water partition coefficient (Wildman–Crippen LogP) is 3.62. The van der Waals surface area contributed by atoms with Gasteiger partial charge in [-0.2, -0.15) is 0 Å². The molecule has 1 aliphatic carbocycles. The molecule has 4 rings (SSSR count). The van der Waals surface area contributed by atoms with E-state index in [1.807, 2.05) is 6.92 Å². The van der Waals surface area contributed by atoms with Crippen LogP contribution in [0.25, 0.3) is 0 Å². The number of aryl methyl sites for hydroxylation is 2. The third-order valence-corrected chi connectivity index (χ3v) is 6.75. The first-order valence-electron chi connectivity index (χ1n) is 9.42. The van der Waals surface area contributed by atoms with Gasteiger partial charge < -0.3 is 4.90 Å². The van der Waals surface area contributed by atoms with Crippen LogP contribution in [0.5, 0.6) is 0 Å². The molecule has 2 unspecified atom stereocenters. The van der Waals surface area contributed by atoms with Gasteiger partial charge in [0.2, 0.25) is 5.91 Å². The maximum atomic E-state index is 12.8. The maximum absolute atomic E-state index is 12.8. The Bertz CT molecular complexity index is 710. The van der Waals surface area contributed by atoms with Gasteiger partial charge in [-0.25, -0.2) is 0 Å². The second-order valence-corrected chi connectivity index (χ2v) is 8.07. The Kier molecular flexibility index (Phi) is 3.59. The monoisotopic (exact) mass is 325 g/mol. The lowest BCUT2D eigenvalue weighted by atomic mass is 9.75. The smallest absolute Gasteiger partial charge is 0.223 e. The minimum absolute atomic E-state index is 0.0382. The average Bonchev–Trinajstić information content (AvgIpc) is 2.90. The Morgan fingerprint density at radius 1 is 1.38 bits per heavy atom. The van der Waals surface area contributed by atoms with Gasteiger partial charge >= 0.3 is 0 Å². The van der Waals surface area contributed by atoms with E-state index in [2.05, 4.69) is 36.9 Å². The second-order valence-electron chi connectivity index (χ2n) is 8.07. The fourth-order valence-corrected chi connectivity index (χ4v) is 5.93. The molecule has 1 spiro atoms. The molecule has 2 heterocycles. The Morgan fingerprint density at radius 2 is 2.17 bits per heavy atom. The van der Waals surface area contributed by atoms with Crippen molar-refractivity contribution < 1.29 is 9.59 Å². The van der Waals surface area contributed by atoms with Gasteiger partial charge in [0.1, 0.15) is 5.78 Å². The highest BCUT2D eigenvalue weighted by molar-refractivity contribution is 5.87. The lowest BCUT2D eigenvalue weighted by molar-refractivity contribution is -0.131. The van der Waals surface area contributed by atoms with Crippen LogP contribution in [0, 0.1) is 24.7 Å². The maximum Gasteiger partial charge on any atom is 0.223 e. The normalized spacial score (nSPS) is 34.5. The summed E-state index contributed by atoms with van der Waals surface area (Å²) < 4.78 is 0. The number of nitrogens with zero attached hydrogens (tertiary/aromatic N) is 1. The summed E-state index contributed by atoms with van der Waals surface area (Å²) in [4.78, 5) is 27.6. The van der Waals surface area contributed by atoms with E-state index in [-0.39, 0.29) is 23.3 Å². The van der Waals surface area contributed by atoms with E-state index in [9.17, 15) is 9.59 Å². The lowest BCUT2D eigenvalue weighted by Gasteiger charge is -2.39. The SMILES string of the molecule is CCC(=O)[C@H]1C2CC(=O)N3CCCc4cc(C)ccc4C23C[C@@H]1C. The molecule has 128 valence electrons. The Balaban J connectivity index is 1.91. The molecule has 0 aromatic heterocycles. The molecule has 2 fully saturated rings. The summed E-state index contributed by atoms with van der Waals surface area (Å²) in [6, 6.07) is 6.73. The molecule has 1 saturated carbocycles. The van der Waals surface area contributed by atoms with Crippen molar-refractivity contribution in [3.63, 3.8) is 0 Å². The second kappa shape index (κ2) is 5.44. The number of hydrogen-bond donors (Lipinski definition) is 0. The summed E-state index contributed by atoms with van der Waals surface area (Å²) in [7, 11) is 0. The first-order chi connectivity index (χ1) is 11.5. The third-order valence-electron chi connectivity index (χ3n) is 6.75. The largest absolute Gasteiger partial charge is 0.333 e. The standard InChI is InChI=1S/C21H27NO2/c1-4-18(23)20-14(3)12-21-16-8-7-13(2)10-15(16)6-5-9-22(21)19(24)11-17(20)21/h7-8,10,14,17,20H,4-6,9,11-12H2,1-3H3/t14-,17?,20+,21?/m0/s1. The summed E-state index contributed by atoms with van der Waals surface area (Å²) in [5.41, 5.74) is 3.78. The van der Waals surface area contributed by atoms with Crippen LogP contribution >= 0.6 is 0 Å². The fourth-order valence-electron chi connectivity index (χ4n) is 5.93. The van der Waals surface area contributed by atoms with Gasteiger partial charge in [0.15, 0.2) is 0 Å². The first-order valence-corrected chi connectivity index (χ1v) is 9.42. The van der Waals surface area contributed by atoms with Gasteiger partial charge in [-0.15, -0.1) is 0 Å². The Morgan fingerprint density at radius 3 is 2.92 bits per heavy atom. The summed E-state index contributed by atoms with van der Waals surface area (Å²) in [5, 5.41) is 0. The van der Waals surface area contributed by atoms with Gasteiger partial charge in [-0.3, -0.25) is 9.59 Å². The van der Waals surface area contributed by atoms with Crippen molar-refractivity contribution in [2.45, 2.75) is 58.4 Å². The number of benzene rings is 1. The minimum atomic E-state index is -0.231. The predicted molar refractivity (Wildman–Crippen MR) is 93.6 cm³/mol. The molecule has 0 N–H and O–H groups in total. The number of amides is 1. The van der Waals surface area contributed by atoms with Gasteiger partial charge in [0.25, 0.3) is 0 Å². The molecule has 1 amide bonds. The van der Waals surface area contributed by atoms with E-state index in [4.69, 9.17) is 0 Å². The summed E-state index contributed by atoms with van der Waals surface area (Å²) in [6.07, 6.45) is 4.13. The molecule has 24 heavy (non-hydrogen) atoms. The van der Waals surface area contributed by atoms with E-state index in [0.29, 0.717) is 24.5 Å². The van der Waals surface area contributed by atoms with Crippen LogP contribution in [-0.4, -0.2) is 23.1 Å². The highest BCUT2D eigenvalue weighted by atomic mass is 16.2. The minimum Gasteiger partial charge on any atom is -0.333 e. The van der Waals surface area contributed by atoms with Crippen molar-refractivity contribution >= 4 is 11.7 Å². The topological polar surface area (TPSA) is 37.4 Å². The van der Waals surface area contributed by atoms with Crippen LogP contribution in [0.15, 0.2) is 18.2 Å². The zero-order valence-electron chi connectivity index (χ0n) is 15.0. The molecular formula is C21H27NO2. The van der Waals surface area contributed by atoms with Gasteiger partial charge in [0.05, 0.1) is 5.54 Å². The number of hydrogen-bond acceptors (Lipinski definition) is 2. The lowest BCUT2D eigenvalue weighted by Crippen LogP contribution is -2.45. The number of carbonyl (C=O) groups is 2. The van der Waals surface area contributed by atoms with E-state index in [0.717, 1.165) is 25.8 Å². The molecule has 0 radical (unpaired) electrons. The van der Waals surface area contributed by atoms with Crippen LogP contribution in [0.3, 0.4) is 0 Å². The van der Waals surface area contributed by atoms with Crippen molar-refractivity contribution in [2.75, 3.05) is 6.54 Å². The van der Waals surface area contributed by atoms with Gasteiger partial charge in [-0.1, -0.05) is 37.6 Å². The molecular weight excluding hydrogens is 298 g/mol. The quantitative estimate of drug-likeness (QED) is 0.833. The Hall–Kier alpha value is -1.64. The zero-order valence-corrected chi connectivity index (χ0v) is 15.0. The van der Waals surface area contributed by atoms with Crippen LogP contribution in [0.1, 0.15) is 56.2 Å². The molecule has 3 nitrogen and oxygen atoms in total. The number of rotatable bonds is 2. The third kappa shape index (κ3) is 1.96. The molecule has 2 aliphatic heterocycles. The molecule has 0 bridgehead atoms. The Labute approximate surface area is 144 Å². The van der Waals surface area contributed by atoms with E-state index in [1.54, 1.807) is 0 Å². The van der Waals surface area contributed by atoms with Crippen LogP contribution in [0.4, 0.5) is 0 Å².